The van der Waals surface area contributed by atoms with Crippen LogP contribution in [0.15, 0.2) is 6.07 Å². The molecule has 0 aliphatic carbocycles. The Kier molecular flexibility index (Phi) is 9.98. The van der Waals surface area contributed by atoms with E-state index >= 15 is 0 Å². The van der Waals surface area contributed by atoms with Crippen LogP contribution in [-0.4, -0.2) is 24.5 Å². The van der Waals surface area contributed by atoms with Gasteiger partial charge in [0.1, 0.15) is 0 Å². The van der Waals surface area contributed by atoms with E-state index < -0.39 is 0 Å². The highest BCUT2D eigenvalue weighted by Gasteiger charge is 2.10. The van der Waals surface area contributed by atoms with Crippen molar-refractivity contribution in [1.29, 1.82) is 0 Å². The zero-order chi connectivity index (χ0) is 15.5. The molecule has 1 rings (SSSR count). The summed E-state index contributed by atoms with van der Waals surface area (Å²) in [6.07, 6.45) is 6.42. The molecule has 0 unspecified atom stereocenters. The molecule has 0 bridgehead atoms. The summed E-state index contributed by atoms with van der Waals surface area (Å²) in [4.78, 5) is 5.63. The van der Waals surface area contributed by atoms with Crippen LogP contribution in [0.25, 0.3) is 0 Å². The first kappa shape index (κ1) is 18.7. The molecule has 0 aromatic carbocycles. The minimum atomic E-state index is 1.03. The van der Waals surface area contributed by atoms with Crippen molar-refractivity contribution in [3.05, 3.63) is 21.4 Å². The fraction of sp³-hybridized carbons (Fsp3) is 0.778. The molecule has 1 aromatic heterocycles. The molecule has 0 atom stereocenters. The van der Waals surface area contributed by atoms with Gasteiger partial charge in [-0.25, -0.2) is 0 Å². The lowest BCUT2D eigenvalue weighted by Crippen LogP contribution is -2.25. The molecule has 0 saturated heterocycles. The minimum absolute atomic E-state index is 1.03. The van der Waals surface area contributed by atoms with Crippen molar-refractivity contribution in [2.75, 3.05) is 19.6 Å². The Balaban J connectivity index is 2.55. The van der Waals surface area contributed by atoms with E-state index in [1.165, 1.54) is 54.9 Å². The fourth-order valence-electron chi connectivity index (χ4n) is 2.49. The number of hydrogen-bond donors (Lipinski definition) is 1. The van der Waals surface area contributed by atoms with Gasteiger partial charge in [-0.05, 0) is 57.5 Å². The average molecular weight is 311 g/mol. The Labute approximate surface area is 135 Å². The molecule has 0 aliphatic rings. The summed E-state index contributed by atoms with van der Waals surface area (Å²) >= 11 is 1.97. The van der Waals surface area contributed by atoms with E-state index in [0.29, 0.717) is 0 Å². The molecule has 2 nitrogen and oxygen atoms in total. The Bertz CT molecular complexity index is 365. The van der Waals surface area contributed by atoms with Gasteiger partial charge < -0.3 is 5.32 Å². The van der Waals surface area contributed by atoms with Crippen LogP contribution in [0.5, 0.6) is 0 Å². The van der Waals surface area contributed by atoms with E-state index in [-0.39, 0.29) is 0 Å². The summed E-state index contributed by atoms with van der Waals surface area (Å²) in [5, 5.41) is 3.51. The number of aryl methyl sites for hydroxylation is 1. The van der Waals surface area contributed by atoms with Gasteiger partial charge in [0.25, 0.3) is 0 Å². The van der Waals surface area contributed by atoms with Gasteiger partial charge in [0.05, 0.1) is 0 Å². The van der Waals surface area contributed by atoms with Crippen LogP contribution in [0.1, 0.15) is 68.2 Å². The van der Waals surface area contributed by atoms with Gasteiger partial charge in [-0.1, -0.05) is 33.6 Å². The molecule has 21 heavy (non-hydrogen) atoms. The third-order valence-electron chi connectivity index (χ3n) is 3.85. The lowest BCUT2D eigenvalue weighted by atomic mass is 10.2. The molecule has 0 spiro atoms. The summed E-state index contributed by atoms with van der Waals surface area (Å²) in [5.74, 6) is 0. The molecule has 0 radical (unpaired) electrons. The molecule has 1 heterocycles. The van der Waals surface area contributed by atoms with Crippen molar-refractivity contribution in [3.8, 4) is 0 Å². The monoisotopic (exact) mass is 310 g/mol. The second-order valence-electron chi connectivity index (χ2n) is 5.95. The Morgan fingerprint density at radius 1 is 1.05 bits per heavy atom. The highest BCUT2D eigenvalue weighted by molar-refractivity contribution is 7.12. The van der Waals surface area contributed by atoms with Gasteiger partial charge in [-0.2, -0.15) is 0 Å². The van der Waals surface area contributed by atoms with Crippen LogP contribution in [-0.2, 0) is 13.1 Å². The normalized spacial score (nSPS) is 11.5. The number of nitrogens with zero attached hydrogens (tertiary/aromatic N) is 1. The van der Waals surface area contributed by atoms with Crippen LogP contribution < -0.4 is 5.32 Å². The summed E-state index contributed by atoms with van der Waals surface area (Å²) in [6, 6.07) is 2.42. The fourth-order valence-corrected chi connectivity index (χ4v) is 3.52. The Morgan fingerprint density at radius 3 is 2.29 bits per heavy atom. The maximum absolute atomic E-state index is 3.51. The third-order valence-corrected chi connectivity index (χ3v) is 4.94. The molecule has 122 valence electrons. The van der Waals surface area contributed by atoms with Crippen molar-refractivity contribution < 1.29 is 0 Å². The number of rotatable bonds is 12. The van der Waals surface area contributed by atoms with Crippen molar-refractivity contribution in [2.24, 2.45) is 0 Å². The zero-order valence-corrected chi connectivity index (χ0v) is 15.3. The van der Waals surface area contributed by atoms with E-state index in [2.05, 4.69) is 44.0 Å². The number of thiophene rings is 1. The summed E-state index contributed by atoms with van der Waals surface area (Å²) in [5.41, 5.74) is 1.54. The lowest BCUT2D eigenvalue weighted by Gasteiger charge is -2.21. The molecular weight excluding hydrogens is 276 g/mol. The van der Waals surface area contributed by atoms with Crippen molar-refractivity contribution in [2.45, 2.75) is 72.9 Å². The van der Waals surface area contributed by atoms with Gasteiger partial charge in [0, 0.05) is 22.8 Å². The molecule has 0 saturated carbocycles. The first-order chi connectivity index (χ1) is 10.2. The van der Waals surface area contributed by atoms with E-state index in [4.69, 9.17) is 0 Å². The maximum atomic E-state index is 3.51. The maximum Gasteiger partial charge on any atom is 0.0299 e. The zero-order valence-electron chi connectivity index (χ0n) is 14.5. The highest BCUT2D eigenvalue weighted by atomic mass is 32.1. The summed E-state index contributed by atoms with van der Waals surface area (Å²) in [6.45, 7) is 14.8. The van der Waals surface area contributed by atoms with Crippen LogP contribution in [0.3, 0.4) is 0 Å². The molecule has 0 amide bonds. The van der Waals surface area contributed by atoms with Crippen molar-refractivity contribution in [1.82, 2.24) is 10.2 Å². The van der Waals surface area contributed by atoms with Crippen LogP contribution in [0.2, 0.25) is 0 Å². The summed E-state index contributed by atoms with van der Waals surface area (Å²) < 4.78 is 0. The molecule has 3 heteroatoms. The third kappa shape index (κ3) is 7.44. The van der Waals surface area contributed by atoms with E-state index in [9.17, 15) is 0 Å². The van der Waals surface area contributed by atoms with Gasteiger partial charge in [-0.15, -0.1) is 11.3 Å². The van der Waals surface area contributed by atoms with E-state index in [1.807, 2.05) is 11.3 Å². The number of unbranched alkanes of at least 4 members (excludes halogenated alkanes) is 2. The van der Waals surface area contributed by atoms with E-state index in [0.717, 1.165) is 19.6 Å². The lowest BCUT2D eigenvalue weighted by molar-refractivity contribution is 0.257. The highest BCUT2D eigenvalue weighted by Crippen LogP contribution is 2.23. The summed E-state index contributed by atoms with van der Waals surface area (Å²) in [7, 11) is 0. The van der Waals surface area contributed by atoms with Gasteiger partial charge in [-0.3, -0.25) is 4.90 Å². The average Bonchev–Trinajstić information content (AvgIpc) is 2.82. The minimum Gasteiger partial charge on any atom is -0.312 e. The molecular formula is C18H34N2S. The first-order valence-electron chi connectivity index (χ1n) is 8.72. The van der Waals surface area contributed by atoms with Gasteiger partial charge in [0.15, 0.2) is 0 Å². The van der Waals surface area contributed by atoms with Crippen LogP contribution >= 0.6 is 11.3 Å². The second kappa shape index (κ2) is 11.2. The molecule has 0 fully saturated rings. The van der Waals surface area contributed by atoms with Crippen LogP contribution in [0.4, 0.5) is 0 Å². The molecule has 1 aromatic rings. The number of hydrogen-bond acceptors (Lipinski definition) is 3. The second-order valence-corrected chi connectivity index (χ2v) is 7.30. The largest absolute Gasteiger partial charge is 0.312 e. The standard InChI is InChI=1S/C18H34N2S/c1-5-8-11-20(12-9-6-2)15-17-13-18(21-16(17)4)14-19-10-7-3/h13,19H,5-12,14-15H2,1-4H3. The van der Waals surface area contributed by atoms with Gasteiger partial charge >= 0.3 is 0 Å². The van der Waals surface area contributed by atoms with Gasteiger partial charge in [0.2, 0.25) is 0 Å². The van der Waals surface area contributed by atoms with E-state index in [1.54, 1.807) is 5.56 Å². The van der Waals surface area contributed by atoms with Crippen molar-refractivity contribution >= 4 is 11.3 Å². The smallest absolute Gasteiger partial charge is 0.0299 e. The van der Waals surface area contributed by atoms with Crippen molar-refractivity contribution in [3.63, 3.8) is 0 Å². The SMILES string of the molecule is CCCCN(CCCC)Cc1cc(CNCCC)sc1C. The molecule has 1 N–H and O–H groups in total. The predicted molar refractivity (Wildman–Crippen MR) is 96.1 cm³/mol. The predicted octanol–water partition coefficient (Wildman–Crippen LogP) is 4.96. The topological polar surface area (TPSA) is 15.3 Å². The Morgan fingerprint density at radius 2 is 1.71 bits per heavy atom. The van der Waals surface area contributed by atoms with Crippen LogP contribution in [0, 0.1) is 6.92 Å². The molecule has 0 aliphatic heterocycles. The Hall–Kier alpha value is -0.380. The first-order valence-corrected chi connectivity index (χ1v) is 9.54. The quantitative estimate of drug-likeness (QED) is 0.549. The number of nitrogens with one attached hydrogen (secondary N) is 1.